The molecule has 2 unspecified atom stereocenters. The van der Waals surface area contributed by atoms with Gasteiger partial charge in [-0.3, -0.25) is 0 Å². The van der Waals surface area contributed by atoms with E-state index in [0.29, 0.717) is 12.6 Å². The van der Waals surface area contributed by atoms with Gasteiger partial charge in [0, 0.05) is 24.9 Å². The van der Waals surface area contributed by atoms with Crippen LogP contribution in [0.25, 0.3) is 0 Å². The van der Waals surface area contributed by atoms with Gasteiger partial charge in [-0.15, -0.1) is 0 Å². The maximum absolute atomic E-state index is 8.65. The van der Waals surface area contributed by atoms with Crippen molar-refractivity contribution < 1.29 is 5.11 Å². The average Bonchev–Trinajstić information content (AvgIpc) is 2.28. The summed E-state index contributed by atoms with van der Waals surface area (Å²) < 4.78 is 0. The fourth-order valence-electron chi connectivity index (χ4n) is 1.99. The molecule has 98 valence electrons. The normalized spacial score (nSPS) is 15.0. The number of rotatable bonds is 11. The lowest BCUT2D eigenvalue weighted by atomic mass is 9.95. The van der Waals surface area contributed by atoms with Crippen LogP contribution in [-0.2, 0) is 0 Å². The van der Waals surface area contributed by atoms with Crippen molar-refractivity contribution in [3.05, 3.63) is 0 Å². The van der Waals surface area contributed by atoms with E-state index >= 15 is 0 Å². The lowest BCUT2D eigenvalue weighted by Crippen LogP contribution is -2.35. The summed E-state index contributed by atoms with van der Waals surface area (Å²) in [6.07, 6.45) is 4.75. The van der Waals surface area contributed by atoms with Crippen LogP contribution in [0, 0.1) is 5.92 Å². The molecule has 0 rings (SSSR count). The van der Waals surface area contributed by atoms with Crippen molar-refractivity contribution in [1.82, 2.24) is 5.32 Å². The SMILES string of the molecule is CCCC(C)C(CC)NCCSCCCO. The third-order valence-corrected chi connectivity index (χ3v) is 4.04. The van der Waals surface area contributed by atoms with Crippen molar-refractivity contribution in [2.45, 2.75) is 52.5 Å². The first-order valence-corrected chi connectivity index (χ1v) is 7.83. The molecule has 0 spiro atoms. The molecule has 0 amide bonds. The Hall–Kier alpha value is 0.270. The van der Waals surface area contributed by atoms with E-state index in [2.05, 4.69) is 26.1 Å². The molecule has 0 saturated carbocycles. The van der Waals surface area contributed by atoms with Crippen LogP contribution in [0.2, 0.25) is 0 Å². The molecule has 0 aromatic heterocycles. The number of thioether (sulfide) groups is 1. The Morgan fingerprint density at radius 2 is 2.00 bits per heavy atom. The molecule has 0 aromatic rings. The second kappa shape index (κ2) is 11.7. The molecule has 0 aliphatic heterocycles. The van der Waals surface area contributed by atoms with E-state index in [1.165, 1.54) is 19.3 Å². The van der Waals surface area contributed by atoms with Crippen molar-refractivity contribution in [3.8, 4) is 0 Å². The Morgan fingerprint density at radius 1 is 1.25 bits per heavy atom. The Bertz CT molecular complexity index is 144. The molecular formula is C13H29NOS. The molecule has 0 radical (unpaired) electrons. The molecule has 2 atom stereocenters. The van der Waals surface area contributed by atoms with Crippen molar-refractivity contribution in [1.29, 1.82) is 0 Å². The summed E-state index contributed by atoms with van der Waals surface area (Å²) in [5.41, 5.74) is 0. The van der Waals surface area contributed by atoms with Crippen molar-refractivity contribution >= 4 is 11.8 Å². The summed E-state index contributed by atoms with van der Waals surface area (Å²) in [5, 5.41) is 12.3. The zero-order valence-corrected chi connectivity index (χ0v) is 12.0. The van der Waals surface area contributed by atoms with Gasteiger partial charge in [-0.25, -0.2) is 0 Å². The fourth-order valence-corrected chi connectivity index (χ4v) is 2.79. The van der Waals surface area contributed by atoms with Gasteiger partial charge in [0.2, 0.25) is 0 Å². The van der Waals surface area contributed by atoms with E-state index in [4.69, 9.17) is 5.11 Å². The first-order chi connectivity index (χ1) is 7.76. The number of aliphatic hydroxyl groups is 1. The Morgan fingerprint density at radius 3 is 2.56 bits per heavy atom. The van der Waals surface area contributed by atoms with Crippen LogP contribution >= 0.6 is 11.8 Å². The second-order valence-electron chi connectivity index (χ2n) is 4.42. The van der Waals surface area contributed by atoms with E-state index in [1.54, 1.807) is 0 Å². The Balaban J connectivity index is 3.47. The highest BCUT2D eigenvalue weighted by Crippen LogP contribution is 2.13. The zero-order valence-electron chi connectivity index (χ0n) is 11.2. The van der Waals surface area contributed by atoms with Gasteiger partial charge in [0.05, 0.1) is 0 Å². The quantitative estimate of drug-likeness (QED) is 0.551. The highest BCUT2D eigenvalue weighted by Gasteiger charge is 2.13. The number of hydrogen-bond donors (Lipinski definition) is 2. The molecule has 0 fully saturated rings. The van der Waals surface area contributed by atoms with Gasteiger partial charge >= 0.3 is 0 Å². The molecule has 0 bridgehead atoms. The fraction of sp³-hybridized carbons (Fsp3) is 1.00. The summed E-state index contributed by atoms with van der Waals surface area (Å²) in [4.78, 5) is 0. The molecule has 16 heavy (non-hydrogen) atoms. The van der Waals surface area contributed by atoms with Crippen LogP contribution in [0.1, 0.15) is 46.5 Å². The molecule has 0 aliphatic carbocycles. The molecule has 3 heteroatoms. The van der Waals surface area contributed by atoms with Crippen LogP contribution < -0.4 is 5.32 Å². The zero-order chi connectivity index (χ0) is 12.2. The smallest absolute Gasteiger partial charge is 0.0438 e. The predicted molar refractivity (Wildman–Crippen MR) is 75.2 cm³/mol. The largest absolute Gasteiger partial charge is 0.396 e. The standard InChI is InChI=1S/C13H29NOS/c1-4-7-12(3)13(5-2)14-8-11-16-10-6-9-15/h12-15H,4-11H2,1-3H3. The van der Waals surface area contributed by atoms with Crippen LogP contribution in [0.5, 0.6) is 0 Å². The maximum atomic E-state index is 8.65. The van der Waals surface area contributed by atoms with Crippen LogP contribution in [0.3, 0.4) is 0 Å². The Kier molecular flexibility index (Phi) is 11.9. The molecule has 0 aliphatic rings. The lowest BCUT2D eigenvalue weighted by molar-refractivity contribution is 0.296. The van der Waals surface area contributed by atoms with Gasteiger partial charge in [0.15, 0.2) is 0 Å². The first kappa shape index (κ1) is 16.3. The van der Waals surface area contributed by atoms with E-state index in [0.717, 1.165) is 30.4 Å². The van der Waals surface area contributed by atoms with Gasteiger partial charge in [-0.2, -0.15) is 11.8 Å². The van der Waals surface area contributed by atoms with Crippen LogP contribution in [0.15, 0.2) is 0 Å². The van der Waals surface area contributed by atoms with E-state index in [9.17, 15) is 0 Å². The van der Waals surface area contributed by atoms with Gasteiger partial charge < -0.3 is 10.4 Å². The minimum absolute atomic E-state index is 0.325. The van der Waals surface area contributed by atoms with Gasteiger partial charge in [-0.05, 0) is 30.9 Å². The molecule has 0 aromatic carbocycles. The minimum Gasteiger partial charge on any atom is -0.396 e. The van der Waals surface area contributed by atoms with Gasteiger partial charge in [-0.1, -0.05) is 27.2 Å². The molecule has 0 saturated heterocycles. The monoisotopic (exact) mass is 247 g/mol. The Labute approximate surface area is 106 Å². The van der Waals surface area contributed by atoms with Crippen molar-refractivity contribution in [2.24, 2.45) is 5.92 Å². The summed E-state index contributed by atoms with van der Waals surface area (Å²) in [5.74, 6) is 3.03. The highest BCUT2D eigenvalue weighted by molar-refractivity contribution is 7.99. The number of nitrogens with one attached hydrogen (secondary N) is 1. The highest BCUT2D eigenvalue weighted by atomic mass is 32.2. The minimum atomic E-state index is 0.325. The molecule has 2 nitrogen and oxygen atoms in total. The van der Waals surface area contributed by atoms with Crippen molar-refractivity contribution in [2.75, 3.05) is 24.7 Å². The summed E-state index contributed by atoms with van der Waals surface area (Å²) in [6, 6.07) is 0.679. The first-order valence-electron chi connectivity index (χ1n) is 6.68. The predicted octanol–water partition coefficient (Wildman–Crippen LogP) is 2.91. The summed E-state index contributed by atoms with van der Waals surface area (Å²) in [7, 11) is 0. The van der Waals surface area contributed by atoms with Crippen LogP contribution in [0.4, 0.5) is 0 Å². The third kappa shape index (κ3) is 8.43. The number of aliphatic hydroxyl groups excluding tert-OH is 1. The van der Waals surface area contributed by atoms with Gasteiger partial charge in [0.1, 0.15) is 0 Å². The third-order valence-electron chi connectivity index (χ3n) is 2.97. The second-order valence-corrected chi connectivity index (χ2v) is 5.65. The van der Waals surface area contributed by atoms with E-state index in [1.807, 2.05) is 11.8 Å². The average molecular weight is 247 g/mol. The molecule has 2 N–H and O–H groups in total. The van der Waals surface area contributed by atoms with Crippen LogP contribution in [-0.4, -0.2) is 35.8 Å². The maximum Gasteiger partial charge on any atom is 0.0438 e. The topological polar surface area (TPSA) is 32.3 Å². The van der Waals surface area contributed by atoms with Gasteiger partial charge in [0.25, 0.3) is 0 Å². The van der Waals surface area contributed by atoms with E-state index < -0.39 is 0 Å². The van der Waals surface area contributed by atoms with E-state index in [-0.39, 0.29) is 0 Å². The lowest BCUT2D eigenvalue weighted by Gasteiger charge is -2.23. The summed E-state index contributed by atoms with van der Waals surface area (Å²) in [6.45, 7) is 8.30. The molecule has 0 heterocycles. The molecular weight excluding hydrogens is 218 g/mol. The number of hydrogen-bond acceptors (Lipinski definition) is 3. The van der Waals surface area contributed by atoms with Crippen molar-refractivity contribution in [3.63, 3.8) is 0 Å². The summed E-state index contributed by atoms with van der Waals surface area (Å²) >= 11 is 1.93.